The zero-order valence-corrected chi connectivity index (χ0v) is 11.9. The first kappa shape index (κ1) is 15.8. The number of nitrogen functional groups attached to an aromatic ring is 1. The zero-order valence-electron chi connectivity index (χ0n) is 11.9. The van der Waals surface area contributed by atoms with E-state index in [9.17, 15) is 19.4 Å². The number of aromatic amines is 1. The van der Waals surface area contributed by atoms with Crippen molar-refractivity contribution in [2.75, 3.05) is 25.6 Å². The first-order valence-electron chi connectivity index (χ1n) is 6.90. The summed E-state index contributed by atoms with van der Waals surface area (Å²) in [6.07, 6.45) is -3.15. The molecule has 11 heteroatoms. The molecule has 3 rings (SSSR count). The van der Waals surface area contributed by atoms with Gasteiger partial charge in [0.1, 0.15) is 25.0 Å². The van der Waals surface area contributed by atoms with Crippen molar-refractivity contribution in [2.45, 2.75) is 24.5 Å². The summed E-state index contributed by atoms with van der Waals surface area (Å²) in [6, 6.07) is 0. The number of fused-ring (bicyclic) bond motifs is 1. The van der Waals surface area contributed by atoms with Gasteiger partial charge < -0.3 is 25.4 Å². The molecule has 5 N–H and O–H groups in total. The molecule has 1 aliphatic heterocycles. The van der Waals surface area contributed by atoms with Crippen molar-refractivity contribution in [2.24, 2.45) is 0 Å². The molecule has 0 aromatic carbocycles. The molecule has 0 aliphatic carbocycles. The summed E-state index contributed by atoms with van der Waals surface area (Å²) in [5.74, 6) is -0.111. The minimum absolute atomic E-state index is 0.0293. The van der Waals surface area contributed by atoms with Crippen LogP contribution in [0.25, 0.3) is 11.2 Å². The van der Waals surface area contributed by atoms with Gasteiger partial charge in [-0.1, -0.05) is 0 Å². The molecular formula is C12H16FN5O5. The Bertz CT molecular complexity index is 749. The summed E-state index contributed by atoms with van der Waals surface area (Å²) in [4.78, 5) is 21.9. The molecule has 2 aromatic heterocycles. The molecule has 4 atom stereocenters. The predicted molar refractivity (Wildman–Crippen MR) is 75.3 cm³/mol. The van der Waals surface area contributed by atoms with Crippen LogP contribution >= 0.6 is 0 Å². The van der Waals surface area contributed by atoms with Crippen molar-refractivity contribution in [1.29, 1.82) is 0 Å². The van der Waals surface area contributed by atoms with Crippen molar-refractivity contribution in [3.05, 3.63) is 16.7 Å². The quantitative estimate of drug-likeness (QED) is 0.475. The van der Waals surface area contributed by atoms with Crippen LogP contribution in [0.5, 0.6) is 0 Å². The van der Waals surface area contributed by atoms with Gasteiger partial charge >= 0.3 is 0 Å². The van der Waals surface area contributed by atoms with E-state index in [0.29, 0.717) is 0 Å². The maximum Gasteiger partial charge on any atom is 0.280 e. The molecule has 2 aromatic rings. The fourth-order valence-corrected chi connectivity index (χ4v) is 2.48. The van der Waals surface area contributed by atoms with Gasteiger partial charge in [-0.3, -0.25) is 14.3 Å². The van der Waals surface area contributed by atoms with E-state index in [-0.39, 0.29) is 30.3 Å². The molecular weight excluding hydrogens is 313 g/mol. The van der Waals surface area contributed by atoms with Gasteiger partial charge in [0.05, 0.1) is 19.5 Å². The van der Waals surface area contributed by atoms with Crippen LogP contribution in [0.1, 0.15) is 6.23 Å². The number of nitrogens with one attached hydrogen (secondary N) is 1. The number of aliphatic hydroxyl groups is 2. The van der Waals surface area contributed by atoms with Gasteiger partial charge in [0, 0.05) is 0 Å². The molecule has 0 spiro atoms. The summed E-state index contributed by atoms with van der Waals surface area (Å²) < 4.78 is 23.9. The Morgan fingerprint density at radius 2 is 2.26 bits per heavy atom. The number of H-pyrrole nitrogens is 1. The van der Waals surface area contributed by atoms with Gasteiger partial charge in [0.15, 0.2) is 17.4 Å². The maximum atomic E-state index is 12.0. The lowest BCUT2D eigenvalue weighted by Gasteiger charge is -2.16. The maximum absolute atomic E-state index is 12.0. The summed E-state index contributed by atoms with van der Waals surface area (Å²) in [5, 5.41) is 20.2. The molecule has 0 amide bonds. The second-order valence-corrected chi connectivity index (χ2v) is 5.09. The fraction of sp³-hybridized carbons (Fsp3) is 0.583. The molecule has 3 heterocycles. The number of anilines is 1. The number of aromatic nitrogens is 4. The Hall–Kier alpha value is -2.08. The van der Waals surface area contributed by atoms with E-state index in [1.54, 1.807) is 0 Å². The minimum atomic E-state index is -1.30. The second kappa shape index (κ2) is 6.20. The molecule has 0 radical (unpaired) electrons. The standard InChI is InChI=1S/C12H16FN5O5/c13-1-2-22-3-5-7(19)8(20)11(23-5)18-4-15-6-9(18)16-12(14)17-10(6)21/h4-5,7-8,11,19-20H,1-3H2,(H3,14,16,17,21)/t5-,7-,8-,11-/m1/s1. The van der Waals surface area contributed by atoms with Gasteiger partial charge in [0.25, 0.3) is 5.56 Å². The SMILES string of the molecule is Nc1nc2c(ncn2[C@@H]2O[C@H](COCCF)[C@@H](O)[C@H]2O)c(=O)[nH]1. The van der Waals surface area contributed by atoms with Gasteiger partial charge in [-0.25, -0.2) is 9.37 Å². The number of halogens is 1. The minimum Gasteiger partial charge on any atom is -0.387 e. The van der Waals surface area contributed by atoms with Gasteiger partial charge in [-0.2, -0.15) is 4.98 Å². The van der Waals surface area contributed by atoms with E-state index >= 15 is 0 Å². The summed E-state index contributed by atoms with van der Waals surface area (Å²) in [5.41, 5.74) is 5.13. The molecule has 1 fully saturated rings. The molecule has 0 unspecified atom stereocenters. The lowest BCUT2D eigenvalue weighted by atomic mass is 10.1. The van der Waals surface area contributed by atoms with Crippen LogP contribution in [0.2, 0.25) is 0 Å². The molecule has 126 valence electrons. The van der Waals surface area contributed by atoms with E-state index < -0.39 is 36.8 Å². The monoisotopic (exact) mass is 329 g/mol. The van der Waals surface area contributed by atoms with Crippen molar-refractivity contribution >= 4 is 17.1 Å². The van der Waals surface area contributed by atoms with Gasteiger partial charge in [-0.15, -0.1) is 0 Å². The molecule has 1 aliphatic rings. The van der Waals surface area contributed by atoms with E-state index in [1.807, 2.05) is 0 Å². The molecule has 1 saturated heterocycles. The lowest BCUT2D eigenvalue weighted by Crippen LogP contribution is -2.34. The number of aliphatic hydroxyl groups excluding tert-OH is 2. The smallest absolute Gasteiger partial charge is 0.280 e. The third kappa shape index (κ3) is 2.79. The highest BCUT2D eigenvalue weighted by Crippen LogP contribution is 2.31. The molecule has 0 bridgehead atoms. The number of hydrogen-bond acceptors (Lipinski definition) is 8. The largest absolute Gasteiger partial charge is 0.387 e. The second-order valence-electron chi connectivity index (χ2n) is 5.09. The Morgan fingerprint density at radius 3 is 3.00 bits per heavy atom. The number of hydrogen-bond donors (Lipinski definition) is 4. The first-order valence-corrected chi connectivity index (χ1v) is 6.90. The van der Waals surface area contributed by atoms with E-state index in [2.05, 4.69) is 15.0 Å². The van der Waals surface area contributed by atoms with Gasteiger partial charge in [0.2, 0.25) is 5.95 Å². The van der Waals surface area contributed by atoms with Crippen LogP contribution in [0.3, 0.4) is 0 Å². The third-order valence-corrected chi connectivity index (χ3v) is 3.57. The van der Waals surface area contributed by atoms with Crippen molar-refractivity contribution in [3.63, 3.8) is 0 Å². The van der Waals surface area contributed by atoms with E-state index in [1.165, 1.54) is 10.9 Å². The Balaban J connectivity index is 1.88. The van der Waals surface area contributed by atoms with Crippen LogP contribution in [0.4, 0.5) is 10.3 Å². The summed E-state index contributed by atoms with van der Waals surface area (Å²) in [6.45, 7) is -0.872. The summed E-state index contributed by atoms with van der Waals surface area (Å²) in [7, 11) is 0. The fourth-order valence-electron chi connectivity index (χ4n) is 2.48. The summed E-state index contributed by atoms with van der Waals surface area (Å²) >= 11 is 0. The normalized spacial score (nSPS) is 27.8. The van der Waals surface area contributed by atoms with Crippen LogP contribution < -0.4 is 11.3 Å². The van der Waals surface area contributed by atoms with Gasteiger partial charge in [-0.05, 0) is 0 Å². The highest BCUT2D eigenvalue weighted by molar-refractivity contribution is 5.70. The molecule has 23 heavy (non-hydrogen) atoms. The third-order valence-electron chi connectivity index (χ3n) is 3.57. The number of nitrogens with zero attached hydrogens (tertiary/aromatic N) is 3. The Kier molecular flexibility index (Phi) is 4.26. The number of nitrogens with two attached hydrogens (primary N) is 1. The van der Waals surface area contributed by atoms with E-state index in [4.69, 9.17) is 15.2 Å². The Labute approximate surface area is 128 Å². The Morgan fingerprint density at radius 1 is 1.48 bits per heavy atom. The topological polar surface area (TPSA) is 149 Å². The van der Waals surface area contributed by atoms with Crippen molar-refractivity contribution < 1.29 is 24.1 Å². The first-order chi connectivity index (χ1) is 11.0. The molecule has 10 nitrogen and oxygen atoms in total. The van der Waals surface area contributed by atoms with Crippen LogP contribution in [-0.4, -0.2) is 67.9 Å². The predicted octanol–water partition coefficient (Wildman–Crippen LogP) is -1.69. The van der Waals surface area contributed by atoms with Crippen LogP contribution in [-0.2, 0) is 9.47 Å². The number of rotatable bonds is 5. The highest BCUT2D eigenvalue weighted by Gasteiger charge is 2.44. The van der Waals surface area contributed by atoms with Crippen molar-refractivity contribution in [3.8, 4) is 0 Å². The van der Waals surface area contributed by atoms with Crippen molar-refractivity contribution in [1.82, 2.24) is 19.5 Å². The van der Waals surface area contributed by atoms with Crippen LogP contribution in [0, 0.1) is 0 Å². The highest BCUT2D eigenvalue weighted by atomic mass is 19.1. The van der Waals surface area contributed by atoms with Crippen LogP contribution in [0.15, 0.2) is 11.1 Å². The number of ether oxygens (including phenoxy) is 2. The average molecular weight is 329 g/mol. The average Bonchev–Trinajstić information content (AvgIpc) is 3.04. The van der Waals surface area contributed by atoms with E-state index in [0.717, 1.165) is 0 Å². The number of imidazole rings is 1. The molecule has 0 saturated carbocycles. The zero-order chi connectivity index (χ0) is 16.6. The number of alkyl halides is 1. The lowest BCUT2D eigenvalue weighted by molar-refractivity contribution is -0.0663.